The molecule has 8 nitrogen and oxygen atoms in total. The van der Waals surface area contributed by atoms with E-state index in [0.717, 1.165) is 16.9 Å². The smallest absolute Gasteiger partial charge is 0.340 e. The number of carbonyl (C=O) groups excluding carboxylic acids is 3. The van der Waals surface area contributed by atoms with Gasteiger partial charge in [0.25, 0.3) is 11.8 Å². The number of amides is 2. The molecule has 9 heteroatoms. The monoisotopic (exact) mass is 488 g/mol. The molecule has 4 rings (SSSR count). The van der Waals surface area contributed by atoms with Crippen molar-refractivity contribution in [3.63, 3.8) is 0 Å². The Morgan fingerprint density at radius 2 is 1.77 bits per heavy atom. The lowest BCUT2D eigenvalue weighted by Crippen LogP contribution is -2.28. The molecule has 0 fully saturated rings. The standard InChI is InChI=1S/C26H24N4O4S/c1-17-10-12-19(13-11-17)30-23(15-18(2)28-30)27-24(31)16-34-26(33)20-7-4-5-8-21(20)29(3)25(32)22-9-6-14-35-22/h4-15H,16H2,1-3H3,(H,27,31). The summed E-state index contributed by atoms with van der Waals surface area (Å²) in [5.74, 6) is -0.983. The van der Waals surface area contributed by atoms with Gasteiger partial charge >= 0.3 is 5.97 Å². The van der Waals surface area contributed by atoms with Crippen LogP contribution in [0.3, 0.4) is 0 Å². The van der Waals surface area contributed by atoms with Crippen LogP contribution in [0.2, 0.25) is 0 Å². The molecule has 2 aromatic carbocycles. The number of benzene rings is 2. The Bertz CT molecular complexity index is 1360. The van der Waals surface area contributed by atoms with Crippen LogP contribution < -0.4 is 10.2 Å². The van der Waals surface area contributed by atoms with E-state index in [1.54, 1.807) is 54.2 Å². The molecule has 0 saturated carbocycles. The molecule has 0 spiro atoms. The van der Waals surface area contributed by atoms with Crippen molar-refractivity contribution in [2.45, 2.75) is 13.8 Å². The number of aryl methyl sites for hydroxylation is 2. The quantitative estimate of drug-likeness (QED) is 0.383. The van der Waals surface area contributed by atoms with Gasteiger partial charge < -0.3 is 15.0 Å². The number of para-hydroxylation sites is 1. The van der Waals surface area contributed by atoms with Gasteiger partial charge in [0.1, 0.15) is 5.82 Å². The summed E-state index contributed by atoms with van der Waals surface area (Å²) in [6.45, 7) is 3.32. The van der Waals surface area contributed by atoms with Crippen molar-refractivity contribution < 1.29 is 19.1 Å². The van der Waals surface area contributed by atoms with E-state index >= 15 is 0 Å². The van der Waals surface area contributed by atoms with Crippen LogP contribution in [-0.2, 0) is 9.53 Å². The molecule has 0 aliphatic heterocycles. The van der Waals surface area contributed by atoms with E-state index in [0.29, 0.717) is 16.4 Å². The lowest BCUT2D eigenvalue weighted by molar-refractivity contribution is -0.119. The van der Waals surface area contributed by atoms with Gasteiger partial charge in [-0.15, -0.1) is 11.3 Å². The fourth-order valence-electron chi connectivity index (χ4n) is 3.47. The first-order valence-corrected chi connectivity index (χ1v) is 11.7. The number of nitrogens with one attached hydrogen (secondary N) is 1. The van der Waals surface area contributed by atoms with E-state index in [1.807, 2.05) is 43.5 Å². The predicted octanol–water partition coefficient (Wildman–Crippen LogP) is 4.62. The summed E-state index contributed by atoms with van der Waals surface area (Å²) in [4.78, 5) is 40.1. The van der Waals surface area contributed by atoms with Crippen molar-refractivity contribution in [1.82, 2.24) is 9.78 Å². The van der Waals surface area contributed by atoms with Crippen LogP contribution in [-0.4, -0.2) is 41.2 Å². The molecule has 35 heavy (non-hydrogen) atoms. The first-order chi connectivity index (χ1) is 16.8. The second-order valence-corrected chi connectivity index (χ2v) is 8.85. The highest BCUT2D eigenvalue weighted by Crippen LogP contribution is 2.23. The minimum Gasteiger partial charge on any atom is -0.452 e. The number of esters is 1. The molecule has 0 bridgehead atoms. The number of carbonyl (C=O) groups is 3. The maximum atomic E-state index is 12.8. The Hall–Kier alpha value is -4.24. The lowest BCUT2D eigenvalue weighted by Gasteiger charge is -2.19. The first kappa shape index (κ1) is 23.9. The van der Waals surface area contributed by atoms with Gasteiger partial charge in [0.15, 0.2) is 6.61 Å². The van der Waals surface area contributed by atoms with Gasteiger partial charge in [-0.1, -0.05) is 35.9 Å². The summed E-state index contributed by atoms with van der Waals surface area (Å²) in [7, 11) is 1.59. The maximum absolute atomic E-state index is 12.8. The van der Waals surface area contributed by atoms with Gasteiger partial charge in [-0.25, -0.2) is 9.48 Å². The van der Waals surface area contributed by atoms with Crippen molar-refractivity contribution in [3.8, 4) is 5.69 Å². The highest BCUT2D eigenvalue weighted by Gasteiger charge is 2.22. The number of nitrogens with zero attached hydrogens (tertiary/aromatic N) is 3. The molecule has 0 aliphatic rings. The van der Waals surface area contributed by atoms with Crippen LogP contribution in [0.1, 0.15) is 31.3 Å². The first-order valence-electron chi connectivity index (χ1n) is 10.8. The lowest BCUT2D eigenvalue weighted by atomic mass is 10.1. The van der Waals surface area contributed by atoms with E-state index in [2.05, 4.69) is 10.4 Å². The second-order valence-electron chi connectivity index (χ2n) is 7.90. The summed E-state index contributed by atoms with van der Waals surface area (Å²) >= 11 is 1.32. The minimum absolute atomic E-state index is 0.188. The number of thiophene rings is 1. The van der Waals surface area contributed by atoms with Crippen LogP contribution in [0.25, 0.3) is 5.69 Å². The van der Waals surface area contributed by atoms with Crippen LogP contribution in [0.5, 0.6) is 0 Å². The number of anilines is 2. The van der Waals surface area contributed by atoms with Gasteiger partial charge in [-0.2, -0.15) is 5.10 Å². The van der Waals surface area contributed by atoms with Crippen molar-refractivity contribution in [1.29, 1.82) is 0 Å². The molecule has 2 heterocycles. The Morgan fingerprint density at radius 1 is 1.03 bits per heavy atom. The largest absolute Gasteiger partial charge is 0.452 e. The molecule has 2 amide bonds. The molecule has 0 radical (unpaired) electrons. The number of hydrogen-bond donors (Lipinski definition) is 1. The average Bonchev–Trinajstić information content (AvgIpc) is 3.52. The molecular formula is C26H24N4O4S. The maximum Gasteiger partial charge on any atom is 0.340 e. The zero-order chi connectivity index (χ0) is 24.9. The van der Waals surface area contributed by atoms with Gasteiger partial charge in [-0.3, -0.25) is 9.59 Å². The fourth-order valence-corrected chi connectivity index (χ4v) is 4.17. The van der Waals surface area contributed by atoms with Gasteiger partial charge in [0, 0.05) is 13.1 Å². The normalized spacial score (nSPS) is 10.6. The zero-order valence-corrected chi connectivity index (χ0v) is 20.3. The molecule has 178 valence electrons. The average molecular weight is 489 g/mol. The van der Waals surface area contributed by atoms with E-state index in [-0.39, 0.29) is 11.5 Å². The Morgan fingerprint density at radius 3 is 2.49 bits per heavy atom. The SMILES string of the molecule is Cc1ccc(-n2nc(C)cc2NC(=O)COC(=O)c2ccccc2N(C)C(=O)c2cccs2)cc1. The molecular weight excluding hydrogens is 464 g/mol. The highest BCUT2D eigenvalue weighted by molar-refractivity contribution is 7.12. The van der Waals surface area contributed by atoms with Crippen molar-refractivity contribution in [3.05, 3.63) is 93.8 Å². The van der Waals surface area contributed by atoms with E-state index in [9.17, 15) is 14.4 Å². The van der Waals surface area contributed by atoms with Gasteiger partial charge in [0.2, 0.25) is 0 Å². The van der Waals surface area contributed by atoms with Crippen LogP contribution >= 0.6 is 11.3 Å². The zero-order valence-electron chi connectivity index (χ0n) is 19.5. The molecule has 2 aromatic heterocycles. The molecule has 0 aliphatic carbocycles. The van der Waals surface area contributed by atoms with Crippen LogP contribution in [0.4, 0.5) is 11.5 Å². The predicted molar refractivity (Wildman–Crippen MR) is 135 cm³/mol. The summed E-state index contributed by atoms with van der Waals surface area (Å²) < 4.78 is 6.90. The van der Waals surface area contributed by atoms with Crippen LogP contribution in [0, 0.1) is 13.8 Å². The number of rotatable bonds is 7. The summed E-state index contributed by atoms with van der Waals surface area (Å²) in [6.07, 6.45) is 0. The van der Waals surface area contributed by atoms with E-state index < -0.39 is 18.5 Å². The van der Waals surface area contributed by atoms with Crippen molar-refractivity contribution in [2.75, 3.05) is 23.9 Å². The third-order valence-corrected chi connectivity index (χ3v) is 6.09. The minimum atomic E-state index is -0.704. The second kappa shape index (κ2) is 10.4. The summed E-state index contributed by atoms with van der Waals surface area (Å²) in [5.41, 5.74) is 3.21. The van der Waals surface area contributed by atoms with Crippen LogP contribution in [0.15, 0.2) is 72.1 Å². The molecule has 1 N–H and O–H groups in total. The highest BCUT2D eigenvalue weighted by atomic mass is 32.1. The number of aromatic nitrogens is 2. The Labute approximate surface area is 206 Å². The molecule has 0 saturated heterocycles. The van der Waals surface area contributed by atoms with Crippen molar-refractivity contribution in [2.24, 2.45) is 0 Å². The summed E-state index contributed by atoms with van der Waals surface area (Å²) in [6, 6.07) is 19.6. The van der Waals surface area contributed by atoms with E-state index in [4.69, 9.17) is 4.74 Å². The molecule has 0 unspecified atom stereocenters. The van der Waals surface area contributed by atoms with Gasteiger partial charge in [0.05, 0.1) is 27.5 Å². The third kappa shape index (κ3) is 5.47. The fraction of sp³-hybridized carbons (Fsp3) is 0.154. The molecule has 0 atom stereocenters. The summed E-state index contributed by atoms with van der Waals surface area (Å²) in [5, 5.41) is 8.99. The Balaban J connectivity index is 1.43. The van der Waals surface area contributed by atoms with E-state index in [1.165, 1.54) is 16.2 Å². The van der Waals surface area contributed by atoms with Gasteiger partial charge in [-0.05, 0) is 49.6 Å². The third-order valence-electron chi connectivity index (χ3n) is 5.23. The number of hydrogen-bond acceptors (Lipinski definition) is 6. The van der Waals surface area contributed by atoms with Crippen molar-refractivity contribution >= 4 is 40.6 Å². The Kier molecular flexibility index (Phi) is 7.07. The molecule has 4 aromatic rings. The topological polar surface area (TPSA) is 93.5 Å². The number of ether oxygens (including phenoxy) is 1.